The first-order valence-electron chi connectivity index (χ1n) is 6.02. The van der Waals surface area contributed by atoms with Crippen LogP contribution in [0.5, 0.6) is 0 Å². The van der Waals surface area contributed by atoms with Crippen molar-refractivity contribution < 1.29 is 9.63 Å². The van der Waals surface area contributed by atoms with Crippen LogP contribution in [-0.2, 0) is 9.63 Å². The predicted octanol–water partition coefficient (Wildman–Crippen LogP) is 1.03. The molecule has 0 aliphatic carbocycles. The second kappa shape index (κ2) is 5.47. The maximum absolute atomic E-state index is 11.7. The molecular formula is C11H20N2O2. The number of hydrogen-bond acceptors (Lipinski definition) is 3. The highest BCUT2D eigenvalue weighted by Gasteiger charge is 2.19. The first-order chi connectivity index (χ1) is 7.36. The fourth-order valence-electron chi connectivity index (χ4n) is 2.18. The maximum Gasteiger partial charge on any atom is 0.247 e. The molecule has 0 bridgehead atoms. The van der Waals surface area contributed by atoms with Gasteiger partial charge in [0.05, 0.1) is 6.61 Å². The molecule has 0 aromatic heterocycles. The lowest BCUT2D eigenvalue weighted by Gasteiger charge is -2.26. The number of amides is 1. The summed E-state index contributed by atoms with van der Waals surface area (Å²) in [5.41, 5.74) is 0. The Balaban J connectivity index is 1.66. The van der Waals surface area contributed by atoms with Crippen LogP contribution in [0, 0.1) is 0 Å². The van der Waals surface area contributed by atoms with E-state index in [4.69, 9.17) is 4.84 Å². The molecule has 0 saturated carbocycles. The topological polar surface area (TPSA) is 32.8 Å². The third-order valence-electron chi connectivity index (χ3n) is 3.12. The molecule has 2 fully saturated rings. The van der Waals surface area contributed by atoms with Gasteiger partial charge in [-0.15, -0.1) is 0 Å². The molecule has 0 aromatic carbocycles. The first kappa shape index (κ1) is 10.9. The van der Waals surface area contributed by atoms with Gasteiger partial charge in [0.25, 0.3) is 0 Å². The molecule has 0 spiro atoms. The Morgan fingerprint density at radius 3 is 2.47 bits per heavy atom. The molecular weight excluding hydrogens is 192 g/mol. The molecule has 2 aliphatic heterocycles. The third kappa shape index (κ3) is 3.18. The van der Waals surface area contributed by atoms with Gasteiger partial charge >= 0.3 is 0 Å². The Bertz CT molecular complexity index is 209. The van der Waals surface area contributed by atoms with E-state index in [-0.39, 0.29) is 5.91 Å². The van der Waals surface area contributed by atoms with Gasteiger partial charge in [0.15, 0.2) is 0 Å². The summed E-state index contributed by atoms with van der Waals surface area (Å²) in [5.74, 6) is 0.154. The average molecular weight is 212 g/mol. The van der Waals surface area contributed by atoms with Gasteiger partial charge in [0, 0.05) is 19.5 Å². The molecule has 86 valence electrons. The number of likely N-dealkylation sites (tertiary alicyclic amines) is 1. The number of hydrogen-bond donors (Lipinski definition) is 0. The molecule has 15 heavy (non-hydrogen) atoms. The lowest BCUT2D eigenvalue weighted by Crippen LogP contribution is -2.37. The van der Waals surface area contributed by atoms with Gasteiger partial charge in [-0.1, -0.05) is 0 Å². The van der Waals surface area contributed by atoms with Crippen LogP contribution in [-0.4, -0.2) is 48.7 Å². The van der Waals surface area contributed by atoms with Crippen LogP contribution in [0.2, 0.25) is 0 Å². The molecule has 0 atom stereocenters. The molecule has 0 N–H and O–H groups in total. The minimum atomic E-state index is 0.154. The number of carbonyl (C=O) groups is 1. The summed E-state index contributed by atoms with van der Waals surface area (Å²) in [5, 5.41) is 1.56. The van der Waals surface area contributed by atoms with Crippen molar-refractivity contribution in [2.45, 2.75) is 32.1 Å². The molecule has 2 saturated heterocycles. The van der Waals surface area contributed by atoms with Gasteiger partial charge in [-0.3, -0.25) is 9.63 Å². The molecule has 0 aromatic rings. The second-order valence-electron chi connectivity index (χ2n) is 4.33. The van der Waals surface area contributed by atoms with Gasteiger partial charge in [-0.05, 0) is 38.8 Å². The van der Waals surface area contributed by atoms with Crippen molar-refractivity contribution in [3.63, 3.8) is 0 Å². The summed E-state index contributed by atoms with van der Waals surface area (Å²) >= 11 is 0. The SMILES string of the molecule is O=C(CCN1CCCC1)N1CCCCO1. The molecule has 2 rings (SSSR count). The van der Waals surface area contributed by atoms with Crippen molar-refractivity contribution >= 4 is 5.91 Å². The Morgan fingerprint density at radius 2 is 1.80 bits per heavy atom. The lowest BCUT2D eigenvalue weighted by atomic mass is 10.3. The van der Waals surface area contributed by atoms with Crippen molar-refractivity contribution in [2.75, 3.05) is 32.8 Å². The third-order valence-corrected chi connectivity index (χ3v) is 3.12. The standard InChI is InChI=1S/C11H20N2O2/c14-11(13-8-3-4-10-15-13)5-9-12-6-1-2-7-12/h1-10H2. The van der Waals surface area contributed by atoms with Gasteiger partial charge in [0.2, 0.25) is 5.91 Å². The first-order valence-corrected chi connectivity index (χ1v) is 6.02. The summed E-state index contributed by atoms with van der Waals surface area (Å²) < 4.78 is 0. The smallest absolute Gasteiger partial charge is 0.247 e. The maximum atomic E-state index is 11.7. The van der Waals surface area contributed by atoms with E-state index in [1.165, 1.54) is 12.8 Å². The largest absolute Gasteiger partial charge is 0.303 e. The van der Waals surface area contributed by atoms with E-state index in [0.29, 0.717) is 13.0 Å². The van der Waals surface area contributed by atoms with Gasteiger partial charge in [-0.25, -0.2) is 5.06 Å². The van der Waals surface area contributed by atoms with E-state index in [9.17, 15) is 4.79 Å². The fourth-order valence-corrected chi connectivity index (χ4v) is 2.18. The zero-order chi connectivity index (χ0) is 10.5. The Kier molecular flexibility index (Phi) is 3.97. The van der Waals surface area contributed by atoms with Crippen molar-refractivity contribution in [3.05, 3.63) is 0 Å². The highest BCUT2D eigenvalue weighted by Crippen LogP contribution is 2.10. The Labute approximate surface area is 91.1 Å². The van der Waals surface area contributed by atoms with E-state index in [1.807, 2.05) is 0 Å². The highest BCUT2D eigenvalue weighted by atomic mass is 16.7. The molecule has 0 radical (unpaired) electrons. The van der Waals surface area contributed by atoms with Gasteiger partial charge in [-0.2, -0.15) is 0 Å². The van der Waals surface area contributed by atoms with Crippen molar-refractivity contribution in [1.29, 1.82) is 0 Å². The zero-order valence-electron chi connectivity index (χ0n) is 9.28. The summed E-state index contributed by atoms with van der Waals surface area (Å²) in [6, 6.07) is 0. The van der Waals surface area contributed by atoms with E-state index in [2.05, 4.69) is 4.90 Å². The molecule has 0 unspecified atom stereocenters. The number of carbonyl (C=O) groups excluding carboxylic acids is 1. The van der Waals surface area contributed by atoms with Gasteiger partial charge < -0.3 is 4.90 Å². The van der Waals surface area contributed by atoms with Crippen LogP contribution >= 0.6 is 0 Å². The molecule has 2 heterocycles. The second-order valence-corrected chi connectivity index (χ2v) is 4.33. The minimum absolute atomic E-state index is 0.154. The Hall–Kier alpha value is -0.610. The minimum Gasteiger partial charge on any atom is -0.303 e. The summed E-state index contributed by atoms with van der Waals surface area (Å²) in [6.07, 6.45) is 5.34. The van der Waals surface area contributed by atoms with E-state index >= 15 is 0 Å². The molecule has 1 amide bonds. The van der Waals surface area contributed by atoms with Crippen molar-refractivity contribution in [2.24, 2.45) is 0 Å². The number of rotatable bonds is 3. The summed E-state index contributed by atoms with van der Waals surface area (Å²) in [6.45, 7) is 4.70. The van der Waals surface area contributed by atoms with Crippen molar-refractivity contribution in [1.82, 2.24) is 9.96 Å². The van der Waals surface area contributed by atoms with E-state index < -0.39 is 0 Å². The average Bonchev–Trinajstić information content (AvgIpc) is 2.80. The van der Waals surface area contributed by atoms with Crippen molar-refractivity contribution in [3.8, 4) is 0 Å². The number of hydroxylamine groups is 2. The fraction of sp³-hybridized carbons (Fsp3) is 0.909. The van der Waals surface area contributed by atoms with Crippen LogP contribution in [0.4, 0.5) is 0 Å². The highest BCUT2D eigenvalue weighted by molar-refractivity contribution is 5.75. The lowest BCUT2D eigenvalue weighted by molar-refractivity contribution is -0.197. The van der Waals surface area contributed by atoms with E-state index in [0.717, 1.165) is 39.0 Å². The van der Waals surface area contributed by atoms with E-state index in [1.54, 1.807) is 5.06 Å². The van der Waals surface area contributed by atoms with Crippen LogP contribution in [0.15, 0.2) is 0 Å². The van der Waals surface area contributed by atoms with Crippen LogP contribution in [0.25, 0.3) is 0 Å². The van der Waals surface area contributed by atoms with Crippen LogP contribution < -0.4 is 0 Å². The Morgan fingerprint density at radius 1 is 1.07 bits per heavy atom. The normalized spacial score (nSPS) is 23.3. The zero-order valence-corrected chi connectivity index (χ0v) is 9.28. The molecule has 4 heteroatoms. The summed E-state index contributed by atoms with van der Waals surface area (Å²) in [7, 11) is 0. The summed E-state index contributed by atoms with van der Waals surface area (Å²) in [4.78, 5) is 19.4. The predicted molar refractivity (Wildman–Crippen MR) is 57.2 cm³/mol. The number of nitrogens with zero attached hydrogens (tertiary/aromatic N) is 2. The molecule has 4 nitrogen and oxygen atoms in total. The molecule has 2 aliphatic rings. The van der Waals surface area contributed by atoms with Crippen LogP contribution in [0.1, 0.15) is 32.1 Å². The van der Waals surface area contributed by atoms with Gasteiger partial charge in [0.1, 0.15) is 0 Å². The monoisotopic (exact) mass is 212 g/mol. The quantitative estimate of drug-likeness (QED) is 0.700. The van der Waals surface area contributed by atoms with Crippen LogP contribution in [0.3, 0.4) is 0 Å².